The van der Waals surface area contributed by atoms with Gasteiger partial charge in [0.2, 0.25) is 0 Å². The number of methoxy groups -OCH3 is 1. The number of rotatable bonds is 7. The number of nitrogens with one attached hydrogen (secondary N) is 1. The summed E-state index contributed by atoms with van der Waals surface area (Å²) in [5.41, 5.74) is 4.52. The first-order valence-electron chi connectivity index (χ1n) is 10.5. The molecule has 1 aliphatic heterocycles. The summed E-state index contributed by atoms with van der Waals surface area (Å²) in [4.78, 5) is 4.74. The van der Waals surface area contributed by atoms with Crippen LogP contribution in [0, 0.1) is 0 Å². The molecule has 0 atom stereocenters. The SMILES string of the molecule is COc1ccccc1Nc1nc(C2=Cc3cccc(OCc4ccc(Cl)cc4Cl)c3OC2)cs1. The topological polar surface area (TPSA) is 52.6 Å². The zero-order chi connectivity index (χ0) is 23.5. The highest BCUT2D eigenvalue weighted by Crippen LogP contribution is 2.39. The van der Waals surface area contributed by atoms with Gasteiger partial charge in [0.25, 0.3) is 0 Å². The van der Waals surface area contributed by atoms with Crippen molar-refractivity contribution >= 4 is 57.0 Å². The van der Waals surface area contributed by atoms with Gasteiger partial charge in [-0.05, 0) is 36.4 Å². The van der Waals surface area contributed by atoms with Crippen molar-refractivity contribution in [2.24, 2.45) is 0 Å². The minimum absolute atomic E-state index is 0.316. The average Bonchev–Trinajstić information content (AvgIpc) is 3.32. The fraction of sp³-hybridized carbons (Fsp3) is 0.115. The van der Waals surface area contributed by atoms with Crippen LogP contribution < -0.4 is 19.5 Å². The lowest BCUT2D eigenvalue weighted by Crippen LogP contribution is -2.09. The summed E-state index contributed by atoms with van der Waals surface area (Å²) in [7, 11) is 1.65. The second kappa shape index (κ2) is 9.97. The van der Waals surface area contributed by atoms with Crippen molar-refractivity contribution in [3.8, 4) is 17.2 Å². The van der Waals surface area contributed by atoms with Gasteiger partial charge in [0.05, 0.1) is 18.5 Å². The van der Waals surface area contributed by atoms with E-state index in [9.17, 15) is 0 Å². The fourth-order valence-corrected chi connectivity index (χ4v) is 4.79. The first-order chi connectivity index (χ1) is 16.6. The van der Waals surface area contributed by atoms with E-state index in [-0.39, 0.29) is 0 Å². The van der Waals surface area contributed by atoms with Gasteiger partial charge in [-0.15, -0.1) is 11.3 Å². The molecule has 3 aromatic carbocycles. The molecule has 0 amide bonds. The van der Waals surface area contributed by atoms with E-state index in [1.54, 1.807) is 19.2 Å². The van der Waals surface area contributed by atoms with Gasteiger partial charge in [-0.3, -0.25) is 0 Å². The van der Waals surface area contributed by atoms with Crippen molar-refractivity contribution in [2.45, 2.75) is 6.61 Å². The molecule has 1 aliphatic rings. The van der Waals surface area contributed by atoms with Gasteiger partial charge < -0.3 is 19.5 Å². The zero-order valence-corrected chi connectivity index (χ0v) is 20.5. The van der Waals surface area contributed by atoms with Crippen molar-refractivity contribution in [3.63, 3.8) is 0 Å². The van der Waals surface area contributed by atoms with Crippen LogP contribution in [-0.4, -0.2) is 18.7 Å². The smallest absolute Gasteiger partial charge is 0.187 e. The number of hydrogen-bond donors (Lipinski definition) is 1. The lowest BCUT2D eigenvalue weighted by molar-refractivity contribution is 0.275. The lowest BCUT2D eigenvalue weighted by Gasteiger charge is -2.20. The summed E-state index contributed by atoms with van der Waals surface area (Å²) in [5, 5.41) is 7.29. The maximum atomic E-state index is 6.27. The monoisotopic (exact) mass is 510 g/mol. The van der Waals surface area contributed by atoms with E-state index < -0.39 is 0 Å². The number of halogens is 2. The fourth-order valence-electron chi connectivity index (χ4n) is 3.58. The van der Waals surface area contributed by atoms with Crippen molar-refractivity contribution < 1.29 is 14.2 Å². The van der Waals surface area contributed by atoms with Gasteiger partial charge >= 0.3 is 0 Å². The molecule has 2 heterocycles. The number of hydrogen-bond acceptors (Lipinski definition) is 6. The van der Waals surface area contributed by atoms with Gasteiger partial charge in [0, 0.05) is 32.1 Å². The number of ether oxygens (including phenoxy) is 3. The molecule has 1 aromatic heterocycles. The molecule has 0 saturated carbocycles. The van der Waals surface area contributed by atoms with Crippen molar-refractivity contribution in [1.29, 1.82) is 0 Å². The van der Waals surface area contributed by atoms with Crippen molar-refractivity contribution in [1.82, 2.24) is 4.98 Å². The van der Waals surface area contributed by atoms with Gasteiger partial charge in [0.15, 0.2) is 16.6 Å². The molecule has 1 N–H and O–H groups in total. The van der Waals surface area contributed by atoms with Crippen molar-refractivity contribution in [3.05, 3.63) is 92.9 Å². The third-order valence-electron chi connectivity index (χ3n) is 5.29. The van der Waals surface area contributed by atoms with Crippen LogP contribution in [0.3, 0.4) is 0 Å². The summed E-state index contributed by atoms with van der Waals surface area (Å²) < 4.78 is 17.5. The van der Waals surface area contributed by atoms with Crippen LogP contribution >= 0.6 is 34.5 Å². The predicted molar refractivity (Wildman–Crippen MR) is 139 cm³/mol. The summed E-state index contributed by atoms with van der Waals surface area (Å²) in [6.45, 7) is 0.712. The number of nitrogens with zero attached hydrogens (tertiary/aromatic N) is 1. The Balaban J connectivity index is 1.33. The van der Waals surface area contributed by atoms with Crippen LogP contribution in [0.1, 0.15) is 16.8 Å². The first kappa shape index (κ1) is 22.6. The van der Waals surface area contributed by atoms with E-state index in [0.717, 1.165) is 39.0 Å². The van der Waals surface area contributed by atoms with E-state index in [2.05, 4.69) is 11.4 Å². The number of para-hydroxylation sites is 3. The second-order valence-electron chi connectivity index (χ2n) is 7.52. The molecule has 0 unspecified atom stereocenters. The van der Waals surface area contributed by atoms with Crippen LogP contribution in [0.15, 0.2) is 66.0 Å². The standard InChI is InChI=1S/C26H20Cl2N2O3S/c1-31-23-7-3-2-6-21(23)29-26-30-22(15-34-26)18-11-16-5-4-8-24(25(16)33-14-18)32-13-17-9-10-19(27)12-20(17)28/h2-12,15H,13-14H2,1H3,(H,29,30). The molecule has 5 nitrogen and oxygen atoms in total. The van der Waals surface area contributed by atoms with E-state index in [0.29, 0.717) is 34.8 Å². The van der Waals surface area contributed by atoms with Crippen LogP contribution in [0.5, 0.6) is 17.2 Å². The quantitative estimate of drug-likeness (QED) is 0.275. The van der Waals surface area contributed by atoms with Crippen LogP contribution in [0.2, 0.25) is 10.0 Å². The second-order valence-corrected chi connectivity index (χ2v) is 9.22. The highest BCUT2D eigenvalue weighted by Gasteiger charge is 2.19. The molecule has 5 rings (SSSR count). The van der Waals surface area contributed by atoms with Crippen molar-refractivity contribution in [2.75, 3.05) is 19.0 Å². The molecule has 4 aromatic rings. The molecule has 0 aliphatic carbocycles. The summed E-state index contributed by atoms with van der Waals surface area (Å²) >= 11 is 13.8. The summed E-state index contributed by atoms with van der Waals surface area (Å²) in [6.07, 6.45) is 2.09. The highest BCUT2D eigenvalue weighted by atomic mass is 35.5. The number of aromatic nitrogens is 1. The van der Waals surface area contributed by atoms with Crippen LogP contribution in [0.25, 0.3) is 11.6 Å². The number of anilines is 2. The zero-order valence-electron chi connectivity index (χ0n) is 18.2. The summed E-state index contributed by atoms with van der Waals surface area (Å²) in [5.74, 6) is 2.13. The Morgan fingerprint density at radius 3 is 2.76 bits per heavy atom. The predicted octanol–water partition coefficient (Wildman–Crippen LogP) is 7.71. The molecule has 0 saturated heterocycles. The first-order valence-corrected chi connectivity index (χ1v) is 12.1. The average molecular weight is 511 g/mol. The lowest BCUT2D eigenvalue weighted by atomic mass is 10.1. The van der Waals surface area contributed by atoms with E-state index in [4.69, 9.17) is 42.4 Å². The van der Waals surface area contributed by atoms with Gasteiger partial charge in [-0.25, -0.2) is 4.98 Å². The minimum atomic E-state index is 0.316. The minimum Gasteiger partial charge on any atom is -0.495 e. The molecule has 8 heteroatoms. The van der Waals surface area contributed by atoms with Gasteiger partial charge in [0.1, 0.15) is 19.0 Å². The summed E-state index contributed by atoms with van der Waals surface area (Å²) in [6, 6.07) is 18.9. The van der Waals surface area contributed by atoms with E-state index in [1.165, 1.54) is 11.3 Å². The number of benzene rings is 3. The third kappa shape index (κ3) is 4.85. The Morgan fingerprint density at radius 1 is 1.06 bits per heavy atom. The van der Waals surface area contributed by atoms with E-state index in [1.807, 2.05) is 53.9 Å². The highest BCUT2D eigenvalue weighted by molar-refractivity contribution is 7.13. The van der Waals surface area contributed by atoms with Gasteiger partial charge in [-0.1, -0.05) is 53.5 Å². The third-order valence-corrected chi connectivity index (χ3v) is 6.64. The number of thiazole rings is 1. The molecule has 172 valence electrons. The molecule has 34 heavy (non-hydrogen) atoms. The Hall–Kier alpha value is -3.19. The molecule has 0 fully saturated rings. The van der Waals surface area contributed by atoms with Gasteiger partial charge in [-0.2, -0.15) is 0 Å². The largest absolute Gasteiger partial charge is 0.495 e. The van der Waals surface area contributed by atoms with Crippen LogP contribution in [0.4, 0.5) is 10.8 Å². The Labute approximate surface area is 211 Å². The molecular formula is C26H20Cl2N2O3S. The van der Waals surface area contributed by atoms with E-state index >= 15 is 0 Å². The maximum absolute atomic E-state index is 6.27. The molecule has 0 spiro atoms. The number of fused-ring (bicyclic) bond motifs is 1. The molecule has 0 radical (unpaired) electrons. The Bertz CT molecular complexity index is 1370. The molecular weight excluding hydrogens is 491 g/mol. The normalized spacial score (nSPS) is 12.4. The Morgan fingerprint density at radius 2 is 1.91 bits per heavy atom. The maximum Gasteiger partial charge on any atom is 0.187 e. The Kier molecular flexibility index (Phi) is 6.63. The molecule has 0 bridgehead atoms. The van der Waals surface area contributed by atoms with Crippen LogP contribution in [-0.2, 0) is 6.61 Å².